The highest BCUT2D eigenvalue weighted by Crippen LogP contribution is 2.11. The van der Waals surface area contributed by atoms with E-state index in [9.17, 15) is 9.59 Å². The molecule has 2 N–H and O–H groups in total. The minimum atomic E-state index is -0.557. The lowest BCUT2D eigenvalue weighted by Crippen LogP contribution is -2.44. The molecule has 108 valence electrons. The van der Waals surface area contributed by atoms with Crippen LogP contribution in [0, 0.1) is 0 Å². The fourth-order valence-electron chi connectivity index (χ4n) is 1.51. The van der Waals surface area contributed by atoms with Gasteiger partial charge in [-0.25, -0.2) is 0 Å². The fraction of sp³-hybridized carbons (Fsp3) is 0.333. The summed E-state index contributed by atoms with van der Waals surface area (Å²) in [5.74, 6) is -0.500. The highest BCUT2D eigenvalue weighted by Gasteiger charge is 2.12. The highest BCUT2D eigenvalue weighted by molar-refractivity contribution is 6.30. The second kappa shape index (κ2) is 8.38. The van der Waals surface area contributed by atoms with Crippen molar-refractivity contribution in [3.05, 3.63) is 40.9 Å². The largest absolute Gasteiger partial charge is 0.354 e. The smallest absolute Gasteiger partial charge is 0.244 e. The average molecular weight is 295 g/mol. The zero-order valence-electron chi connectivity index (χ0n) is 11.7. The van der Waals surface area contributed by atoms with Gasteiger partial charge in [-0.1, -0.05) is 30.7 Å². The summed E-state index contributed by atoms with van der Waals surface area (Å²) in [6, 6.07) is 6.60. The molecule has 1 atom stereocenters. The molecule has 4 nitrogen and oxygen atoms in total. The quantitative estimate of drug-likeness (QED) is 0.792. The van der Waals surface area contributed by atoms with E-state index < -0.39 is 6.04 Å². The number of carbonyl (C=O) groups excluding carboxylic acids is 2. The van der Waals surface area contributed by atoms with Gasteiger partial charge in [0.1, 0.15) is 6.04 Å². The molecule has 20 heavy (non-hydrogen) atoms. The molecule has 0 aliphatic rings. The molecule has 0 radical (unpaired) electrons. The summed E-state index contributed by atoms with van der Waals surface area (Å²) >= 11 is 5.85. The van der Waals surface area contributed by atoms with Gasteiger partial charge in [0.05, 0.1) is 0 Å². The monoisotopic (exact) mass is 294 g/mol. The summed E-state index contributed by atoms with van der Waals surface area (Å²) in [6.07, 6.45) is 3.90. The minimum Gasteiger partial charge on any atom is -0.354 e. The Morgan fingerprint density at radius 2 is 2.15 bits per heavy atom. The lowest BCUT2D eigenvalue weighted by molar-refractivity contribution is -0.126. The number of hydrogen-bond acceptors (Lipinski definition) is 2. The van der Waals surface area contributed by atoms with Crippen molar-refractivity contribution in [2.24, 2.45) is 0 Å². The summed E-state index contributed by atoms with van der Waals surface area (Å²) in [6.45, 7) is 4.23. The van der Waals surface area contributed by atoms with E-state index >= 15 is 0 Å². The molecular weight excluding hydrogens is 276 g/mol. The maximum absolute atomic E-state index is 11.7. The first-order chi connectivity index (χ1) is 9.52. The van der Waals surface area contributed by atoms with Crippen LogP contribution >= 0.6 is 11.6 Å². The van der Waals surface area contributed by atoms with Gasteiger partial charge in [-0.05, 0) is 37.1 Å². The standard InChI is InChI=1S/C15H19ClN2O2/c1-3-9-17-15(20)11(2)18-14(19)8-7-12-5-4-6-13(16)10-12/h4-8,10-11H,3,9H2,1-2H3,(H,17,20)(H,18,19)/b8-7+. The van der Waals surface area contributed by atoms with Gasteiger partial charge in [-0.15, -0.1) is 0 Å². The van der Waals surface area contributed by atoms with Gasteiger partial charge in [0, 0.05) is 17.6 Å². The molecule has 0 saturated heterocycles. The van der Waals surface area contributed by atoms with Crippen LogP contribution in [0.25, 0.3) is 6.08 Å². The van der Waals surface area contributed by atoms with Gasteiger partial charge in [0.2, 0.25) is 11.8 Å². The Balaban J connectivity index is 2.49. The zero-order valence-corrected chi connectivity index (χ0v) is 12.4. The third-order valence-electron chi connectivity index (χ3n) is 2.58. The Labute approximate surface area is 124 Å². The molecule has 1 rings (SSSR count). The van der Waals surface area contributed by atoms with Crippen molar-refractivity contribution in [2.45, 2.75) is 26.3 Å². The average Bonchev–Trinajstić information content (AvgIpc) is 2.42. The van der Waals surface area contributed by atoms with E-state index in [1.54, 1.807) is 31.2 Å². The van der Waals surface area contributed by atoms with E-state index in [0.29, 0.717) is 11.6 Å². The Hall–Kier alpha value is -1.81. The number of nitrogens with one attached hydrogen (secondary N) is 2. The summed E-state index contributed by atoms with van der Waals surface area (Å²) in [5.41, 5.74) is 0.829. The summed E-state index contributed by atoms with van der Waals surface area (Å²) in [5, 5.41) is 5.94. The molecule has 1 aromatic rings. The first-order valence-corrected chi connectivity index (χ1v) is 6.92. The van der Waals surface area contributed by atoms with Crippen LogP contribution in [0.3, 0.4) is 0 Å². The van der Waals surface area contributed by atoms with E-state index in [1.807, 2.05) is 13.0 Å². The third-order valence-corrected chi connectivity index (χ3v) is 2.81. The Bertz CT molecular complexity index is 500. The molecule has 0 bridgehead atoms. The SMILES string of the molecule is CCCNC(=O)C(C)NC(=O)/C=C/c1cccc(Cl)c1. The summed E-state index contributed by atoms with van der Waals surface area (Å²) in [7, 11) is 0. The normalized spacial score (nSPS) is 12.2. The number of amides is 2. The van der Waals surface area contributed by atoms with E-state index in [4.69, 9.17) is 11.6 Å². The second-order valence-corrected chi connectivity index (χ2v) is 4.85. The molecular formula is C15H19ClN2O2. The van der Waals surface area contributed by atoms with Gasteiger partial charge in [-0.3, -0.25) is 9.59 Å². The topological polar surface area (TPSA) is 58.2 Å². The molecule has 0 aromatic heterocycles. The fourth-order valence-corrected chi connectivity index (χ4v) is 1.71. The first-order valence-electron chi connectivity index (χ1n) is 6.54. The van der Waals surface area contributed by atoms with Crippen LogP contribution < -0.4 is 10.6 Å². The van der Waals surface area contributed by atoms with Crippen LogP contribution in [-0.4, -0.2) is 24.4 Å². The molecule has 0 heterocycles. The van der Waals surface area contributed by atoms with Gasteiger partial charge in [-0.2, -0.15) is 0 Å². The van der Waals surface area contributed by atoms with E-state index in [2.05, 4.69) is 10.6 Å². The molecule has 2 amide bonds. The molecule has 0 fully saturated rings. The molecule has 0 spiro atoms. The lowest BCUT2D eigenvalue weighted by Gasteiger charge is -2.12. The van der Waals surface area contributed by atoms with Crippen molar-refractivity contribution in [3.8, 4) is 0 Å². The van der Waals surface area contributed by atoms with Crippen LogP contribution in [0.4, 0.5) is 0 Å². The van der Waals surface area contributed by atoms with E-state index in [1.165, 1.54) is 6.08 Å². The van der Waals surface area contributed by atoms with Crippen molar-refractivity contribution < 1.29 is 9.59 Å². The van der Waals surface area contributed by atoms with Crippen molar-refractivity contribution in [2.75, 3.05) is 6.54 Å². The van der Waals surface area contributed by atoms with Gasteiger partial charge in [0.15, 0.2) is 0 Å². The number of hydrogen-bond donors (Lipinski definition) is 2. The van der Waals surface area contributed by atoms with Crippen molar-refractivity contribution >= 4 is 29.5 Å². The van der Waals surface area contributed by atoms with E-state index in [-0.39, 0.29) is 11.8 Å². The third kappa shape index (κ3) is 5.89. The highest BCUT2D eigenvalue weighted by atomic mass is 35.5. The Kier molecular flexibility index (Phi) is 6.81. The Morgan fingerprint density at radius 3 is 2.80 bits per heavy atom. The van der Waals surface area contributed by atoms with Crippen molar-refractivity contribution in [1.82, 2.24) is 10.6 Å². The number of carbonyl (C=O) groups is 2. The zero-order chi connectivity index (χ0) is 15.0. The molecule has 1 unspecified atom stereocenters. The van der Waals surface area contributed by atoms with E-state index in [0.717, 1.165) is 12.0 Å². The molecule has 0 saturated carbocycles. The number of benzene rings is 1. The van der Waals surface area contributed by atoms with Crippen LogP contribution in [0.15, 0.2) is 30.3 Å². The lowest BCUT2D eigenvalue weighted by atomic mass is 10.2. The molecule has 0 aliphatic carbocycles. The molecule has 1 aromatic carbocycles. The first kappa shape index (κ1) is 16.2. The molecule has 5 heteroatoms. The van der Waals surface area contributed by atoms with Crippen LogP contribution in [-0.2, 0) is 9.59 Å². The van der Waals surface area contributed by atoms with Crippen molar-refractivity contribution in [1.29, 1.82) is 0 Å². The van der Waals surface area contributed by atoms with Crippen molar-refractivity contribution in [3.63, 3.8) is 0 Å². The maximum atomic E-state index is 11.7. The van der Waals surface area contributed by atoms with Crippen LogP contribution in [0.1, 0.15) is 25.8 Å². The van der Waals surface area contributed by atoms with Crippen LogP contribution in [0.2, 0.25) is 5.02 Å². The predicted octanol–water partition coefficient (Wildman–Crippen LogP) is 2.38. The van der Waals surface area contributed by atoms with Crippen LogP contribution in [0.5, 0.6) is 0 Å². The summed E-state index contributed by atoms with van der Waals surface area (Å²) < 4.78 is 0. The van der Waals surface area contributed by atoms with Gasteiger partial charge in [0.25, 0.3) is 0 Å². The molecule has 0 aliphatic heterocycles. The Morgan fingerprint density at radius 1 is 1.40 bits per heavy atom. The number of halogens is 1. The number of rotatable bonds is 6. The maximum Gasteiger partial charge on any atom is 0.244 e. The summed E-state index contributed by atoms with van der Waals surface area (Å²) in [4.78, 5) is 23.3. The van der Waals surface area contributed by atoms with Gasteiger partial charge < -0.3 is 10.6 Å². The predicted molar refractivity (Wildman–Crippen MR) is 81.4 cm³/mol. The van der Waals surface area contributed by atoms with Gasteiger partial charge >= 0.3 is 0 Å². The minimum absolute atomic E-state index is 0.184. The second-order valence-electron chi connectivity index (χ2n) is 4.41.